The van der Waals surface area contributed by atoms with E-state index in [0.717, 1.165) is 10.2 Å². The minimum atomic E-state index is -0.363. The van der Waals surface area contributed by atoms with Crippen molar-refractivity contribution in [1.29, 1.82) is 0 Å². The van der Waals surface area contributed by atoms with Crippen molar-refractivity contribution in [3.8, 4) is 0 Å². The molecule has 17 heavy (non-hydrogen) atoms. The molecule has 0 aliphatic rings. The molecule has 1 unspecified atom stereocenters. The second-order valence-electron chi connectivity index (χ2n) is 4.74. The van der Waals surface area contributed by atoms with E-state index in [0.29, 0.717) is 13.1 Å². The van der Waals surface area contributed by atoms with E-state index in [1.54, 1.807) is 0 Å². The van der Waals surface area contributed by atoms with Crippen LogP contribution in [0.3, 0.4) is 0 Å². The lowest BCUT2D eigenvalue weighted by Crippen LogP contribution is -2.31. The van der Waals surface area contributed by atoms with Crippen LogP contribution in [0.5, 0.6) is 0 Å². The molecule has 0 bridgehead atoms. The minimum absolute atomic E-state index is 0.363. The highest BCUT2D eigenvalue weighted by atomic mass is 79.9. The second-order valence-corrected chi connectivity index (χ2v) is 5.59. The molecule has 1 aromatic rings. The number of aryl methyl sites for hydroxylation is 2. The summed E-state index contributed by atoms with van der Waals surface area (Å²) in [6.45, 7) is 5.36. The fraction of sp³-hybridized carbons (Fsp3) is 0.538. The van der Waals surface area contributed by atoms with Crippen LogP contribution in [0.1, 0.15) is 11.1 Å². The molecule has 0 spiro atoms. The quantitative estimate of drug-likeness (QED) is 0.876. The molecule has 4 heteroatoms. The highest BCUT2D eigenvalue weighted by Crippen LogP contribution is 2.27. The van der Waals surface area contributed by atoms with Crippen molar-refractivity contribution in [3.05, 3.63) is 27.7 Å². The first-order valence-electron chi connectivity index (χ1n) is 5.73. The largest absolute Gasteiger partial charge is 0.390 e. The molecule has 0 aliphatic carbocycles. The third kappa shape index (κ3) is 4.66. The van der Waals surface area contributed by atoms with Crippen LogP contribution in [0, 0.1) is 13.8 Å². The van der Waals surface area contributed by atoms with Crippen LogP contribution < -0.4 is 5.32 Å². The zero-order valence-corrected chi connectivity index (χ0v) is 12.5. The van der Waals surface area contributed by atoms with Gasteiger partial charge in [0.25, 0.3) is 0 Å². The molecule has 0 saturated carbocycles. The molecule has 1 rings (SSSR count). The standard InChI is InChI=1S/C13H21BrN2O/c1-9-5-10(2)13(12(14)6-9)15-7-11(17)8-16(3)4/h5-6,11,15,17H,7-8H2,1-4H3. The zero-order valence-electron chi connectivity index (χ0n) is 10.9. The van der Waals surface area contributed by atoms with Crippen molar-refractivity contribution in [2.24, 2.45) is 0 Å². The predicted octanol–water partition coefficient (Wildman–Crippen LogP) is 2.40. The number of hydrogen-bond donors (Lipinski definition) is 2. The molecule has 0 radical (unpaired) electrons. The van der Waals surface area contributed by atoms with E-state index >= 15 is 0 Å². The van der Waals surface area contributed by atoms with E-state index in [1.165, 1.54) is 11.1 Å². The van der Waals surface area contributed by atoms with Crippen molar-refractivity contribution in [1.82, 2.24) is 4.90 Å². The minimum Gasteiger partial charge on any atom is -0.390 e. The van der Waals surface area contributed by atoms with E-state index in [-0.39, 0.29) is 6.10 Å². The van der Waals surface area contributed by atoms with Gasteiger partial charge in [-0.3, -0.25) is 0 Å². The number of aliphatic hydroxyl groups excluding tert-OH is 1. The fourth-order valence-electron chi connectivity index (χ4n) is 1.85. The van der Waals surface area contributed by atoms with Crippen molar-refractivity contribution in [3.63, 3.8) is 0 Å². The summed E-state index contributed by atoms with van der Waals surface area (Å²) in [7, 11) is 3.91. The van der Waals surface area contributed by atoms with Crippen LogP contribution in [0.4, 0.5) is 5.69 Å². The number of rotatable bonds is 5. The van der Waals surface area contributed by atoms with Gasteiger partial charge in [0.2, 0.25) is 0 Å². The first kappa shape index (κ1) is 14.5. The van der Waals surface area contributed by atoms with Crippen LogP contribution in [0.25, 0.3) is 0 Å². The molecule has 0 fully saturated rings. The Bertz CT molecular complexity index is 357. The molecule has 1 aromatic carbocycles. The maximum absolute atomic E-state index is 9.80. The molecule has 0 aliphatic heterocycles. The van der Waals surface area contributed by atoms with Gasteiger partial charge in [-0.25, -0.2) is 0 Å². The Morgan fingerprint density at radius 1 is 1.35 bits per heavy atom. The van der Waals surface area contributed by atoms with Crippen molar-refractivity contribution in [2.75, 3.05) is 32.5 Å². The summed E-state index contributed by atoms with van der Waals surface area (Å²) in [5.74, 6) is 0. The third-order valence-corrected chi connectivity index (χ3v) is 3.15. The lowest BCUT2D eigenvalue weighted by Gasteiger charge is -2.19. The maximum atomic E-state index is 9.80. The number of hydrogen-bond acceptors (Lipinski definition) is 3. The number of halogens is 1. The first-order valence-corrected chi connectivity index (χ1v) is 6.53. The third-order valence-electron chi connectivity index (χ3n) is 2.52. The number of nitrogens with one attached hydrogen (secondary N) is 1. The molecule has 0 heterocycles. The number of nitrogens with zero attached hydrogens (tertiary/aromatic N) is 1. The van der Waals surface area contributed by atoms with E-state index in [2.05, 4.69) is 47.2 Å². The van der Waals surface area contributed by atoms with Gasteiger partial charge in [-0.1, -0.05) is 6.07 Å². The zero-order chi connectivity index (χ0) is 13.0. The highest BCUT2D eigenvalue weighted by molar-refractivity contribution is 9.10. The SMILES string of the molecule is Cc1cc(C)c(NCC(O)CN(C)C)c(Br)c1. The van der Waals surface area contributed by atoms with Crippen LogP contribution >= 0.6 is 15.9 Å². The van der Waals surface area contributed by atoms with Crippen LogP contribution in [0.2, 0.25) is 0 Å². The van der Waals surface area contributed by atoms with Crippen LogP contribution in [0.15, 0.2) is 16.6 Å². The van der Waals surface area contributed by atoms with Crippen molar-refractivity contribution >= 4 is 21.6 Å². The van der Waals surface area contributed by atoms with Gasteiger partial charge in [0.05, 0.1) is 11.8 Å². The Labute approximate surface area is 112 Å². The summed E-state index contributed by atoms with van der Waals surface area (Å²) in [5.41, 5.74) is 3.48. The van der Waals surface area contributed by atoms with Gasteiger partial charge in [-0.05, 0) is 61.1 Å². The molecular weight excluding hydrogens is 280 g/mol. The Kier molecular flexibility index (Phi) is 5.43. The summed E-state index contributed by atoms with van der Waals surface area (Å²) in [5, 5.41) is 13.1. The Hall–Kier alpha value is -0.580. The monoisotopic (exact) mass is 300 g/mol. The van der Waals surface area contributed by atoms with E-state index < -0.39 is 0 Å². The summed E-state index contributed by atoms with van der Waals surface area (Å²) in [4.78, 5) is 1.98. The smallest absolute Gasteiger partial charge is 0.0838 e. The predicted molar refractivity (Wildman–Crippen MR) is 76.7 cm³/mol. The summed E-state index contributed by atoms with van der Waals surface area (Å²) in [6.07, 6.45) is -0.363. The second kappa shape index (κ2) is 6.38. The first-order chi connectivity index (χ1) is 7.90. The normalized spacial score (nSPS) is 12.9. The van der Waals surface area contributed by atoms with Gasteiger partial charge < -0.3 is 15.3 Å². The molecule has 2 N–H and O–H groups in total. The van der Waals surface area contributed by atoms with Crippen LogP contribution in [-0.2, 0) is 0 Å². The topological polar surface area (TPSA) is 35.5 Å². The fourth-order valence-corrected chi connectivity index (χ4v) is 2.66. The lowest BCUT2D eigenvalue weighted by atomic mass is 10.1. The Morgan fingerprint density at radius 3 is 2.53 bits per heavy atom. The molecule has 96 valence electrons. The van der Waals surface area contributed by atoms with Gasteiger partial charge >= 0.3 is 0 Å². The number of likely N-dealkylation sites (N-methyl/N-ethyl adjacent to an activating group) is 1. The van der Waals surface area contributed by atoms with Crippen LogP contribution in [-0.4, -0.2) is 43.3 Å². The van der Waals surface area contributed by atoms with Crippen molar-refractivity contribution in [2.45, 2.75) is 20.0 Å². The molecule has 0 amide bonds. The van der Waals surface area contributed by atoms with Gasteiger partial charge in [-0.15, -0.1) is 0 Å². The van der Waals surface area contributed by atoms with E-state index in [1.807, 2.05) is 19.0 Å². The molecule has 0 aromatic heterocycles. The molecule has 0 saturated heterocycles. The molecular formula is C13H21BrN2O. The summed E-state index contributed by atoms with van der Waals surface area (Å²) in [6, 6.07) is 4.21. The Morgan fingerprint density at radius 2 is 2.00 bits per heavy atom. The van der Waals surface area contributed by atoms with Gasteiger partial charge in [0.15, 0.2) is 0 Å². The van der Waals surface area contributed by atoms with Gasteiger partial charge in [-0.2, -0.15) is 0 Å². The summed E-state index contributed by atoms with van der Waals surface area (Å²) < 4.78 is 1.05. The van der Waals surface area contributed by atoms with E-state index in [9.17, 15) is 5.11 Å². The number of benzene rings is 1. The van der Waals surface area contributed by atoms with E-state index in [4.69, 9.17) is 0 Å². The number of aliphatic hydroxyl groups is 1. The van der Waals surface area contributed by atoms with Crippen molar-refractivity contribution < 1.29 is 5.11 Å². The Balaban J connectivity index is 2.63. The highest BCUT2D eigenvalue weighted by Gasteiger charge is 2.08. The number of anilines is 1. The van der Waals surface area contributed by atoms with Gasteiger partial charge in [0, 0.05) is 17.6 Å². The average molecular weight is 301 g/mol. The average Bonchev–Trinajstić information content (AvgIpc) is 2.14. The maximum Gasteiger partial charge on any atom is 0.0838 e. The lowest BCUT2D eigenvalue weighted by molar-refractivity contribution is 0.148. The van der Waals surface area contributed by atoms with Gasteiger partial charge in [0.1, 0.15) is 0 Å². The summed E-state index contributed by atoms with van der Waals surface area (Å²) >= 11 is 3.54. The molecule has 3 nitrogen and oxygen atoms in total. The molecule has 1 atom stereocenters.